The Morgan fingerprint density at radius 1 is 0.852 bits per heavy atom. The van der Waals surface area contributed by atoms with E-state index in [0.29, 0.717) is 6.42 Å². The van der Waals surface area contributed by atoms with Crippen molar-refractivity contribution in [3.05, 3.63) is 0 Å². The van der Waals surface area contributed by atoms with Crippen LogP contribution in [-0.2, 0) is 19.1 Å². The van der Waals surface area contributed by atoms with Gasteiger partial charge in [0, 0.05) is 6.42 Å². The highest BCUT2D eigenvalue weighted by Gasteiger charge is 2.60. The van der Waals surface area contributed by atoms with Crippen LogP contribution in [0.2, 0.25) is 0 Å². The van der Waals surface area contributed by atoms with E-state index in [0.717, 1.165) is 6.42 Å². The first-order valence-corrected chi connectivity index (χ1v) is 8.50. The van der Waals surface area contributed by atoms with Crippen LogP contribution in [0, 0.1) is 5.41 Å². The highest BCUT2D eigenvalue weighted by molar-refractivity contribution is 5.73. The lowest BCUT2D eigenvalue weighted by Gasteiger charge is -2.30. The number of halogens is 6. The number of carbonyl (C=O) groups is 2. The fourth-order valence-corrected chi connectivity index (χ4v) is 1.97. The zero-order valence-corrected chi connectivity index (χ0v) is 16.0. The van der Waals surface area contributed by atoms with Gasteiger partial charge in [0.2, 0.25) is 0 Å². The summed E-state index contributed by atoms with van der Waals surface area (Å²) in [5, 5.41) is 0. The van der Waals surface area contributed by atoms with E-state index in [1.807, 2.05) is 20.8 Å². The molecule has 0 aromatic rings. The van der Waals surface area contributed by atoms with Crippen molar-refractivity contribution in [1.29, 1.82) is 0 Å². The molecule has 0 aliphatic carbocycles. The largest absolute Gasteiger partial charge is 0.459 e. The average Bonchev–Trinajstić information content (AvgIpc) is 2.48. The van der Waals surface area contributed by atoms with Crippen LogP contribution in [0.1, 0.15) is 66.7 Å². The predicted octanol–water partition coefficient (Wildman–Crippen LogP) is 5.34. The summed E-state index contributed by atoms with van der Waals surface area (Å²) in [7, 11) is 0. The van der Waals surface area contributed by atoms with Crippen molar-refractivity contribution in [3.63, 3.8) is 0 Å². The molecule has 0 aromatic carbocycles. The van der Waals surface area contributed by atoms with Gasteiger partial charge in [-0.1, -0.05) is 34.1 Å². The van der Waals surface area contributed by atoms with Gasteiger partial charge in [0.05, 0.1) is 6.42 Å². The molecule has 0 spiro atoms. The quantitative estimate of drug-likeness (QED) is 0.382. The van der Waals surface area contributed by atoms with Crippen molar-refractivity contribution in [1.82, 2.24) is 0 Å². The first-order valence-electron chi connectivity index (χ1n) is 8.50. The van der Waals surface area contributed by atoms with Crippen molar-refractivity contribution < 1.29 is 45.4 Å². The number of ether oxygens (including phenoxy) is 2. The summed E-state index contributed by atoms with van der Waals surface area (Å²) in [6.45, 7) is 8.56. The third-order valence-corrected chi connectivity index (χ3v) is 4.43. The minimum absolute atomic E-state index is 0.00765. The van der Waals surface area contributed by atoms with Crippen molar-refractivity contribution in [2.24, 2.45) is 5.41 Å². The third kappa shape index (κ3) is 9.32. The Morgan fingerprint density at radius 3 is 1.70 bits per heavy atom. The Morgan fingerprint density at radius 2 is 1.33 bits per heavy atom. The van der Waals surface area contributed by atoms with E-state index in [9.17, 15) is 35.9 Å². The smallest absolute Gasteiger partial charge is 0.434 e. The standard InChI is InChI=1S/C17H26F6O4/c1-6-14(3,4)9-8-11(24)27-15(5,7-2)10-12(25)26-13(16(18,19)20)17(21,22)23/h13H,6-10H2,1-5H3. The molecular formula is C17H26F6O4. The topological polar surface area (TPSA) is 52.6 Å². The van der Waals surface area contributed by atoms with Crippen molar-refractivity contribution in [3.8, 4) is 0 Å². The molecule has 0 aliphatic rings. The minimum atomic E-state index is -5.79. The summed E-state index contributed by atoms with van der Waals surface area (Å²) in [6, 6.07) is 0. The zero-order valence-electron chi connectivity index (χ0n) is 16.0. The summed E-state index contributed by atoms with van der Waals surface area (Å²) >= 11 is 0. The Kier molecular flexibility index (Phi) is 8.64. The van der Waals surface area contributed by atoms with E-state index in [-0.39, 0.29) is 18.3 Å². The SMILES string of the molecule is CCC(C)(C)CCC(=O)OC(C)(CC)CC(=O)OC(C(F)(F)F)C(F)(F)F. The molecule has 0 fully saturated rings. The lowest BCUT2D eigenvalue weighted by atomic mass is 9.85. The molecule has 0 rings (SSSR count). The van der Waals surface area contributed by atoms with E-state index >= 15 is 0 Å². The van der Waals surface area contributed by atoms with Crippen LogP contribution in [-0.4, -0.2) is 36.0 Å². The van der Waals surface area contributed by atoms with Gasteiger partial charge in [0.1, 0.15) is 5.60 Å². The van der Waals surface area contributed by atoms with Crippen molar-refractivity contribution in [2.45, 2.75) is 90.8 Å². The summed E-state index contributed by atoms with van der Waals surface area (Å²) < 4.78 is 83.5. The van der Waals surface area contributed by atoms with Crippen LogP contribution < -0.4 is 0 Å². The summed E-state index contributed by atoms with van der Waals surface area (Å²) in [5.41, 5.74) is -1.69. The molecule has 160 valence electrons. The maximum absolute atomic E-state index is 12.5. The fourth-order valence-electron chi connectivity index (χ4n) is 1.97. The highest BCUT2D eigenvalue weighted by atomic mass is 19.4. The summed E-state index contributed by atoms with van der Waals surface area (Å²) in [5.74, 6) is -2.43. The first kappa shape index (κ1) is 25.5. The molecule has 0 bridgehead atoms. The first-order chi connectivity index (χ1) is 12.0. The van der Waals surface area contributed by atoms with Crippen LogP contribution >= 0.6 is 0 Å². The number of hydrogen-bond donors (Lipinski definition) is 0. The molecule has 0 N–H and O–H groups in total. The second kappa shape index (κ2) is 9.14. The number of carbonyl (C=O) groups excluding carboxylic acids is 2. The maximum atomic E-state index is 12.5. The second-order valence-electron chi connectivity index (χ2n) is 7.43. The van der Waals surface area contributed by atoms with Crippen LogP contribution in [0.15, 0.2) is 0 Å². The van der Waals surface area contributed by atoms with Gasteiger partial charge in [-0.25, -0.2) is 0 Å². The number of hydrogen-bond acceptors (Lipinski definition) is 4. The maximum Gasteiger partial charge on any atom is 0.434 e. The van der Waals surface area contributed by atoms with Gasteiger partial charge >= 0.3 is 24.3 Å². The molecule has 0 radical (unpaired) electrons. The highest BCUT2D eigenvalue weighted by Crippen LogP contribution is 2.36. The molecule has 1 unspecified atom stereocenters. The van der Waals surface area contributed by atoms with Gasteiger partial charge in [-0.3, -0.25) is 9.59 Å². The van der Waals surface area contributed by atoms with Crippen LogP contribution in [0.3, 0.4) is 0 Å². The summed E-state index contributed by atoms with van der Waals surface area (Å²) in [6.07, 6.45) is -15.4. The Balaban J connectivity index is 4.97. The number of rotatable bonds is 9. The minimum Gasteiger partial charge on any atom is -0.459 e. The normalized spacial score (nSPS) is 15.4. The molecule has 0 amide bonds. The third-order valence-electron chi connectivity index (χ3n) is 4.43. The van der Waals surface area contributed by atoms with Gasteiger partial charge in [-0.15, -0.1) is 0 Å². The molecule has 0 aliphatic heterocycles. The predicted molar refractivity (Wildman–Crippen MR) is 84.7 cm³/mol. The number of alkyl halides is 6. The monoisotopic (exact) mass is 408 g/mol. The lowest BCUT2D eigenvalue weighted by Crippen LogP contribution is -2.46. The lowest BCUT2D eigenvalue weighted by molar-refractivity contribution is -0.314. The van der Waals surface area contributed by atoms with Crippen LogP contribution in [0.5, 0.6) is 0 Å². The van der Waals surface area contributed by atoms with Gasteiger partial charge in [0.15, 0.2) is 0 Å². The number of esters is 2. The molecule has 27 heavy (non-hydrogen) atoms. The molecule has 0 saturated carbocycles. The average molecular weight is 408 g/mol. The van der Waals surface area contributed by atoms with E-state index in [1.54, 1.807) is 0 Å². The van der Waals surface area contributed by atoms with E-state index in [4.69, 9.17) is 4.74 Å². The fraction of sp³-hybridized carbons (Fsp3) is 0.882. The van der Waals surface area contributed by atoms with Crippen molar-refractivity contribution >= 4 is 11.9 Å². The Bertz CT molecular complexity index is 499. The van der Waals surface area contributed by atoms with E-state index < -0.39 is 42.4 Å². The second-order valence-corrected chi connectivity index (χ2v) is 7.43. The van der Waals surface area contributed by atoms with E-state index in [1.165, 1.54) is 13.8 Å². The van der Waals surface area contributed by atoms with Gasteiger partial charge in [0.25, 0.3) is 6.10 Å². The van der Waals surface area contributed by atoms with Gasteiger partial charge < -0.3 is 9.47 Å². The molecule has 0 aromatic heterocycles. The zero-order chi connectivity index (χ0) is 21.7. The molecule has 1 atom stereocenters. The van der Waals surface area contributed by atoms with Crippen molar-refractivity contribution in [2.75, 3.05) is 0 Å². The van der Waals surface area contributed by atoms with Crippen LogP contribution in [0.25, 0.3) is 0 Å². The molecule has 10 heteroatoms. The Labute approximate surface area is 154 Å². The van der Waals surface area contributed by atoms with Crippen LogP contribution in [0.4, 0.5) is 26.3 Å². The Hall–Kier alpha value is -1.48. The molecule has 0 heterocycles. The van der Waals surface area contributed by atoms with Gasteiger partial charge in [-0.05, 0) is 25.2 Å². The molecule has 0 saturated heterocycles. The van der Waals surface area contributed by atoms with Gasteiger partial charge in [-0.2, -0.15) is 26.3 Å². The molecular weight excluding hydrogens is 382 g/mol. The van der Waals surface area contributed by atoms with E-state index in [2.05, 4.69) is 4.74 Å². The summed E-state index contributed by atoms with van der Waals surface area (Å²) in [4.78, 5) is 23.6. The molecule has 4 nitrogen and oxygen atoms in total.